The first-order chi connectivity index (χ1) is 14.9. The van der Waals surface area contributed by atoms with Gasteiger partial charge in [-0.2, -0.15) is 0 Å². The van der Waals surface area contributed by atoms with Gasteiger partial charge in [-0.1, -0.05) is 48.5 Å². The van der Waals surface area contributed by atoms with Crippen LogP contribution < -0.4 is 4.90 Å². The standard InChI is InChI=1S/C26H35N2O3/c1-5-28(6-2,18-24(29)31-19-22-14-8-7-9-15-22)23-16-11-17-27(26(23)30)25-20(3)12-10-13-21(25)4/h7-10,12-15,23H,5-6,11,16-19H2,1-4H3/q+1. The van der Waals surface area contributed by atoms with Crippen LogP contribution in [0.25, 0.3) is 0 Å². The Morgan fingerprint density at radius 3 is 2.29 bits per heavy atom. The van der Waals surface area contributed by atoms with Gasteiger partial charge in [-0.05, 0) is 50.8 Å². The number of quaternary nitrogens is 1. The van der Waals surface area contributed by atoms with Crippen molar-refractivity contribution in [1.82, 2.24) is 0 Å². The predicted octanol–water partition coefficient (Wildman–Crippen LogP) is 4.40. The third kappa shape index (κ3) is 4.99. The molecule has 5 nitrogen and oxygen atoms in total. The molecule has 1 saturated heterocycles. The van der Waals surface area contributed by atoms with Crippen molar-refractivity contribution in [3.63, 3.8) is 0 Å². The molecule has 1 fully saturated rings. The molecule has 3 rings (SSSR count). The minimum absolute atomic E-state index is 0.128. The zero-order valence-electron chi connectivity index (χ0n) is 19.3. The van der Waals surface area contributed by atoms with E-state index in [-0.39, 0.29) is 31.1 Å². The number of carbonyl (C=O) groups excluding carboxylic acids is 2. The summed E-state index contributed by atoms with van der Waals surface area (Å²) >= 11 is 0. The Morgan fingerprint density at radius 2 is 1.68 bits per heavy atom. The van der Waals surface area contributed by atoms with Crippen LogP contribution in [0.4, 0.5) is 5.69 Å². The molecule has 0 bridgehead atoms. The third-order valence-electron chi connectivity index (χ3n) is 6.73. The van der Waals surface area contributed by atoms with Crippen LogP contribution in [-0.4, -0.2) is 48.6 Å². The Labute approximate surface area is 186 Å². The number of likely N-dealkylation sites (N-methyl/N-ethyl adjacent to an activating group) is 1. The summed E-state index contributed by atoms with van der Waals surface area (Å²) in [6, 6.07) is 15.6. The molecule has 1 aliphatic heterocycles. The molecule has 5 heteroatoms. The van der Waals surface area contributed by atoms with Crippen molar-refractivity contribution < 1.29 is 18.8 Å². The van der Waals surface area contributed by atoms with Crippen LogP contribution in [0.2, 0.25) is 0 Å². The highest BCUT2D eigenvalue weighted by atomic mass is 16.5. The molecule has 1 aliphatic rings. The summed E-state index contributed by atoms with van der Waals surface area (Å²) < 4.78 is 6.02. The van der Waals surface area contributed by atoms with Crippen LogP contribution in [0.1, 0.15) is 43.4 Å². The van der Waals surface area contributed by atoms with E-state index >= 15 is 0 Å². The summed E-state index contributed by atoms with van der Waals surface area (Å²) in [6.45, 7) is 10.9. The fourth-order valence-electron chi connectivity index (χ4n) is 4.86. The van der Waals surface area contributed by atoms with Gasteiger partial charge in [0, 0.05) is 18.7 Å². The molecule has 1 atom stereocenters. The lowest BCUT2D eigenvalue weighted by atomic mass is 9.97. The van der Waals surface area contributed by atoms with Gasteiger partial charge >= 0.3 is 5.97 Å². The van der Waals surface area contributed by atoms with E-state index in [9.17, 15) is 9.59 Å². The number of benzene rings is 2. The minimum atomic E-state index is -0.246. The van der Waals surface area contributed by atoms with Gasteiger partial charge in [0.15, 0.2) is 12.6 Å². The van der Waals surface area contributed by atoms with E-state index in [2.05, 4.69) is 39.8 Å². The van der Waals surface area contributed by atoms with E-state index in [0.717, 1.165) is 41.8 Å². The number of hydrogen-bond donors (Lipinski definition) is 0. The van der Waals surface area contributed by atoms with Crippen LogP contribution in [-0.2, 0) is 20.9 Å². The van der Waals surface area contributed by atoms with Gasteiger partial charge in [-0.25, -0.2) is 4.79 Å². The van der Waals surface area contributed by atoms with Crippen LogP contribution in [0, 0.1) is 13.8 Å². The Bertz CT molecular complexity index is 886. The highest BCUT2D eigenvalue weighted by Crippen LogP contribution is 2.32. The third-order valence-corrected chi connectivity index (χ3v) is 6.73. The lowest BCUT2D eigenvalue weighted by Gasteiger charge is -2.46. The number of amides is 1. The molecule has 1 unspecified atom stereocenters. The summed E-state index contributed by atoms with van der Waals surface area (Å²) in [4.78, 5) is 28.5. The summed E-state index contributed by atoms with van der Waals surface area (Å²) in [5.41, 5.74) is 4.22. The predicted molar refractivity (Wildman–Crippen MR) is 124 cm³/mol. The minimum Gasteiger partial charge on any atom is -0.457 e. The van der Waals surface area contributed by atoms with Crippen molar-refractivity contribution in [3.05, 3.63) is 65.2 Å². The lowest BCUT2D eigenvalue weighted by molar-refractivity contribution is -0.933. The maximum Gasteiger partial charge on any atom is 0.362 e. The summed E-state index contributed by atoms with van der Waals surface area (Å²) in [5.74, 6) is -0.118. The quantitative estimate of drug-likeness (QED) is 0.467. The molecule has 0 spiro atoms. The second kappa shape index (κ2) is 10.1. The summed E-state index contributed by atoms with van der Waals surface area (Å²) in [6.07, 6.45) is 1.73. The van der Waals surface area contributed by atoms with Crippen molar-refractivity contribution in [1.29, 1.82) is 0 Å². The Morgan fingerprint density at radius 1 is 1.03 bits per heavy atom. The number of anilines is 1. The molecule has 166 valence electrons. The Hall–Kier alpha value is -2.66. The number of hydrogen-bond acceptors (Lipinski definition) is 3. The van der Waals surface area contributed by atoms with Gasteiger partial charge < -0.3 is 14.1 Å². The van der Waals surface area contributed by atoms with Crippen molar-refractivity contribution in [3.8, 4) is 0 Å². The van der Waals surface area contributed by atoms with E-state index < -0.39 is 0 Å². The first-order valence-corrected chi connectivity index (χ1v) is 11.3. The highest BCUT2D eigenvalue weighted by molar-refractivity contribution is 5.98. The van der Waals surface area contributed by atoms with Gasteiger partial charge in [-0.3, -0.25) is 4.79 Å². The van der Waals surface area contributed by atoms with E-state index in [1.807, 2.05) is 41.3 Å². The number of aryl methyl sites for hydroxylation is 2. The van der Waals surface area contributed by atoms with Crippen LogP contribution in [0.5, 0.6) is 0 Å². The van der Waals surface area contributed by atoms with E-state index in [1.54, 1.807) is 0 Å². The Kier molecular flexibility index (Phi) is 7.50. The number of para-hydroxylation sites is 1. The molecule has 1 heterocycles. The largest absolute Gasteiger partial charge is 0.457 e. The van der Waals surface area contributed by atoms with Crippen LogP contribution >= 0.6 is 0 Å². The first-order valence-electron chi connectivity index (χ1n) is 11.3. The Balaban J connectivity index is 1.78. The zero-order valence-corrected chi connectivity index (χ0v) is 19.3. The molecule has 2 aromatic rings. The molecule has 31 heavy (non-hydrogen) atoms. The molecule has 1 amide bonds. The first kappa shape index (κ1) is 23.0. The maximum atomic E-state index is 13.7. The fourth-order valence-corrected chi connectivity index (χ4v) is 4.86. The molecule has 2 aromatic carbocycles. The number of piperidine rings is 1. The molecule has 0 N–H and O–H groups in total. The summed E-state index contributed by atoms with van der Waals surface area (Å²) in [7, 11) is 0. The van der Waals surface area contributed by atoms with Crippen molar-refractivity contribution in [2.75, 3.05) is 31.1 Å². The second-order valence-electron chi connectivity index (χ2n) is 8.54. The van der Waals surface area contributed by atoms with Gasteiger partial charge in [0.25, 0.3) is 5.91 Å². The number of carbonyl (C=O) groups is 2. The lowest BCUT2D eigenvalue weighted by Crippen LogP contribution is -2.65. The number of nitrogens with zero attached hydrogens (tertiary/aromatic N) is 2. The normalized spacial score (nSPS) is 17.0. The molecule has 0 aromatic heterocycles. The van der Waals surface area contributed by atoms with Gasteiger partial charge in [0.1, 0.15) is 6.61 Å². The van der Waals surface area contributed by atoms with Gasteiger partial charge in [0.2, 0.25) is 0 Å². The van der Waals surface area contributed by atoms with Gasteiger partial charge in [-0.15, -0.1) is 0 Å². The number of esters is 1. The molecule has 0 saturated carbocycles. The van der Waals surface area contributed by atoms with E-state index in [1.165, 1.54) is 0 Å². The van der Waals surface area contributed by atoms with Crippen molar-refractivity contribution in [2.24, 2.45) is 0 Å². The molecule has 0 radical (unpaired) electrons. The number of ether oxygens (including phenoxy) is 1. The zero-order chi connectivity index (χ0) is 22.4. The van der Waals surface area contributed by atoms with Crippen molar-refractivity contribution in [2.45, 2.75) is 53.2 Å². The van der Waals surface area contributed by atoms with Gasteiger partial charge in [0.05, 0.1) is 13.1 Å². The second-order valence-corrected chi connectivity index (χ2v) is 8.54. The fraction of sp³-hybridized carbons (Fsp3) is 0.462. The summed E-state index contributed by atoms with van der Waals surface area (Å²) in [5, 5.41) is 0. The molecule has 0 aliphatic carbocycles. The van der Waals surface area contributed by atoms with Crippen LogP contribution in [0.3, 0.4) is 0 Å². The average molecular weight is 424 g/mol. The van der Waals surface area contributed by atoms with Crippen molar-refractivity contribution >= 4 is 17.6 Å². The SMILES string of the molecule is CC[N+](CC)(CC(=O)OCc1ccccc1)C1CCCN(c2c(C)cccc2C)C1=O. The van der Waals surface area contributed by atoms with E-state index in [4.69, 9.17) is 4.74 Å². The van der Waals surface area contributed by atoms with Crippen LogP contribution in [0.15, 0.2) is 48.5 Å². The smallest absolute Gasteiger partial charge is 0.362 e. The van der Waals surface area contributed by atoms with E-state index in [0.29, 0.717) is 17.6 Å². The maximum absolute atomic E-state index is 13.7. The molecular formula is C26H35N2O3+. The topological polar surface area (TPSA) is 46.6 Å². The number of rotatable bonds is 8. The monoisotopic (exact) mass is 423 g/mol. The molecular weight excluding hydrogens is 388 g/mol. The highest BCUT2D eigenvalue weighted by Gasteiger charge is 2.45. The average Bonchev–Trinajstić information content (AvgIpc) is 2.78.